The standard InChI is InChI=1S/C23H31N5O2/c1-26-11-9-18(10-12-26)27(2)15-19-23(25-22-8-6-17(24)14-28(19)22)16-5-7-20(29-3)21(13-16)30-4/h5-8,13-14,18H,9-12,15,24H2,1-4H3. The lowest BCUT2D eigenvalue weighted by Crippen LogP contribution is -2.41. The van der Waals surface area contributed by atoms with Gasteiger partial charge in [0.25, 0.3) is 0 Å². The van der Waals surface area contributed by atoms with E-state index in [9.17, 15) is 0 Å². The molecule has 1 aromatic carbocycles. The largest absolute Gasteiger partial charge is 0.493 e. The number of benzene rings is 1. The molecule has 0 radical (unpaired) electrons. The van der Waals surface area contributed by atoms with Crippen molar-refractivity contribution in [2.75, 3.05) is 47.1 Å². The maximum atomic E-state index is 6.11. The van der Waals surface area contributed by atoms with Gasteiger partial charge in [-0.2, -0.15) is 0 Å². The van der Waals surface area contributed by atoms with Crippen molar-refractivity contribution < 1.29 is 9.47 Å². The molecule has 3 aromatic rings. The van der Waals surface area contributed by atoms with Crippen molar-refractivity contribution in [2.24, 2.45) is 0 Å². The molecule has 0 saturated carbocycles. The molecule has 30 heavy (non-hydrogen) atoms. The number of rotatable bonds is 6. The summed E-state index contributed by atoms with van der Waals surface area (Å²) in [6.07, 6.45) is 4.32. The first-order chi connectivity index (χ1) is 14.5. The van der Waals surface area contributed by atoms with Gasteiger partial charge in [0.1, 0.15) is 5.65 Å². The number of hydrogen-bond acceptors (Lipinski definition) is 6. The maximum Gasteiger partial charge on any atom is 0.161 e. The van der Waals surface area contributed by atoms with Gasteiger partial charge in [-0.3, -0.25) is 4.90 Å². The third-order valence-corrected chi connectivity index (χ3v) is 6.11. The molecule has 0 spiro atoms. The summed E-state index contributed by atoms with van der Waals surface area (Å²) in [5.74, 6) is 1.40. The Morgan fingerprint density at radius 1 is 1.10 bits per heavy atom. The number of hydrogen-bond donors (Lipinski definition) is 1. The van der Waals surface area contributed by atoms with Crippen LogP contribution in [0.25, 0.3) is 16.9 Å². The van der Waals surface area contributed by atoms with Crippen LogP contribution in [-0.4, -0.2) is 66.6 Å². The summed E-state index contributed by atoms with van der Waals surface area (Å²) in [6, 6.07) is 10.4. The molecule has 7 nitrogen and oxygen atoms in total. The van der Waals surface area contributed by atoms with E-state index in [1.54, 1.807) is 14.2 Å². The lowest BCUT2D eigenvalue weighted by atomic mass is 10.0. The molecule has 7 heteroatoms. The molecule has 1 aliphatic rings. The van der Waals surface area contributed by atoms with Gasteiger partial charge in [-0.15, -0.1) is 0 Å². The molecule has 4 rings (SSSR count). The van der Waals surface area contributed by atoms with E-state index in [2.05, 4.69) is 28.3 Å². The van der Waals surface area contributed by atoms with Gasteiger partial charge in [0.05, 0.1) is 25.6 Å². The number of methoxy groups -OCH3 is 2. The Kier molecular flexibility index (Phi) is 5.83. The fourth-order valence-electron chi connectivity index (χ4n) is 4.28. The summed E-state index contributed by atoms with van der Waals surface area (Å²) in [5.41, 5.74) is 10.8. The van der Waals surface area contributed by atoms with Gasteiger partial charge in [-0.25, -0.2) is 4.98 Å². The summed E-state index contributed by atoms with van der Waals surface area (Å²) in [6.45, 7) is 3.07. The van der Waals surface area contributed by atoms with Crippen molar-refractivity contribution in [3.63, 3.8) is 0 Å². The SMILES string of the molecule is COc1ccc(-c2nc3ccc(N)cn3c2CN(C)C2CCN(C)CC2)cc1OC. The van der Waals surface area contributed by atoms with Crippen LogP contribution in [0.1, 0.15) is 18.5 Å². The molecule has 1 saturated heterocycles. The van der Waals surface area contributed by atoms with Crippen molar-refractivity contribution in [1.82, 2.24) is 19.2 Å². The van der Waals surface area contributed by atoms with Crippen molar-refractivity contribution in [2.45, 2.75) is 25.4 Å². The molecule has 2 N–H and O–H groups in total. The number of aromatic nitrogens is 2. The van der Waals surface area contributed by atoms with Crippen molar-refractivity contribution in [1.29, 1.82) is 0 Å². The molecule has 3 heterocycles. The number of imidazole rings is 1. The van der Waals surface area contributed by atoms with E-state index in [0.717, 1.165) is 47.9 Å². The average molecular weight is 410 g/mol. The van der Waals surface area contributed by atoms with Crippen LogP contribution in [0.4, 0.5) is 5.69 Å². The molecule has 0 aliphatic carbocycles. The van der Waals surface area contributed by atoms with E-state index >= 15 is 0 Å². The van der Waals surface area contributed by atoms with Gasteiger partial charge in [-0.1, -0.05) is 0 Å². The maximum absolute atomic E-state index is 6.11. The summed E-state index contributed by atoms with van der Waals surface area (Å²) >= 11 is 0. The van der Waals surface area contributed by atoms with Crippen molar-refractivity contribution in [3.05, 3.63) is 42.2 Å². The fraction of sp³-hybridized carbons (Fsp3) is 0.435. The van der Waals surface area contributed by atoms with E-state index in [0.29, 0.717) is 17.5 Å². The Bertz CT molecular complexity index is 1020. The number of nitrogens with two attached hydrogens (primary N) is 1. The Hall–Kier alpha value is -2.77. The topological polar surface area (TPSA) is 68.3 Å². The van der Waals surface area contributed by atoms with Crippen LogP contribution in [0.2, 0.25) is 0 Å². The summed E-state index contributed by atoms with van der Waals surface area (Å²) < 4.78 is 13.0. The van der Waals surface area contributed by atoms with Crippen LogP contribution in [0.3, 0.4) is 0 Å². The first kappa shape index (κ1) is 20.5. The van der Waals surface area contributed by atoms with Crippen molar-refractivity contribution in [3.8, 4) is 22.8 Å². The van der Waals surface area contributed by atoms with Crippen LogP contribution in [-0.2, 0) is 6.54 Å². The monoisotopic (exact) mass is 409 g/mol. The summed E-state index contributed by atoms with van der Waals surface area (Å²) in [4.78, 5) is 9.79. The lowest BCUT2D eigenvalue weighted by Gasteiger charge is -2.35. The molecule has 0 atom stereocenters. The van der Waals surface area contributed by atoms with Gasteiger partial charge in [-0.05, 0) is 70.4 Å². The zero-order valence-corrected chi connectivity index (χ0v) is 18.3. The number of fused-ring (bicyclic) bond motifs is 1. The van der Waals surface area contributed by atoms with Crippen LogP contribution >= 0.6 is 0 Å². The van der Waals surface area contributed by atoms with Crippen molar-refractivity contribution >= 4 is 11.3 Å². The van der Waals surface area contributed by atoms with Gasteiger partial charge in [0.15, 0.2) is 11.5 Å². The van der Waals surface area contributed by atoms with E-state index in [4.69, 9.17) is 20.2 Å². The number of piperidine rings is 1. The van der Waals surface area contributed by atoms with Crippen LogP contribution < -0.4 is 15.2 Å². The van der Waals surface area contributed by atoms with E-state index in [-0.39, 0.29) is 0 Å². The highest BCUT2D eigenvalue weighted by Gasteiger charge is 2.24. The predicted octanol–water partition coefficient (Wildman–Crippen LogP) is 3.13. The summed E-state index contributed by atoms with van der Waals surface area (Å²) in [5, 5.41) is 0. The number of anilines is 1. The Labute approximate surface area is 178 Å². The second-order valence-corrected chi connectivity index (χ2v) is 8.12. The third kappa shape index (κ3) is 3.95. The number of nitrogens with zero attached hydrogens (tertiary/aromatic N) is 4. The van der Waals surface area contributed by atoms with E-state index in [1.807, 2.05) is 36.5 Å². The van der Waals surface area contributed by atoms with Crippen LogP contribution in [0.5, 0.6) is 11.5 Å². The minimum absolute atomic E-state index is 0.561. The first-order valence-electron chi connectivity index (χ1n) is 10.4. The Balaban J connectivity index is 1.75. The first-order valence-corrected chi connectivity index (χ1v) is 10.4. The minimum atomic E-state index is 0.561. The second-order valence-electron chi connectivity index (χ2n) is 8.12. The number of ether oxygens (including phenoxy) is 2. The molecule has 0 amide bonds. The minimum Gasteiger partial charge on any atom is -0.493 e. The highest BCUT2D eigenvalue weighted by Crippen LogP contribution is 2.34. The normalized spacial score (nSPS) is 15.8. The molecular formula is C23H31N5O2. The predicted molar refractivity (Wildman–Crippen MR) is 120 cm³/mol. The highest BCUT2D eigenvalue weighted by atomic mass is 16.5. The van der Waals surface area contributed by atoms with Gasteiger partial charge < -0.3 is 24.5 Å². The van der Waals surface area contributed by atoms with Crippen LogP contribution in [0, 0.1) is 0 Å². The van der Waals surface area contributed by atoms with Gasteiger partial charge in [0, 0.05) is 30.0 Å². The third-order valence-electron chi connectivity index (χ3n) is 6.11. The molecule has 160 valence electrons. The molecule has 0 bridgehead atoms. The molecule has 0 unspecified atom stereocenters. The quantitative estimate of drug-likeness (QED) is 0.675. The van der Waals surface area contributed by atoms with Crippen LogP contribution in [0.15, 0.2) is 36.5 Å². The van der Waals surface area contributed by atoms with Gasteiger partial charge >= 0.3 is 0 Å². The van der Waals surface area contributed by atoms with E-state index in [1.165, 1.54) is 12.8 Å². The van der Waals surface area contributed by atoms with E-state index < -0.39 is 0 Å². The Morgan fingerprint density at radius 3 is 2.53 bits per heavy atom. The number of pyridine rings is 1. The zero-order chi connectivity index (χ0) is 21.3. The number of nitrogen functional groups attached to an aromatic ring is 1. The average Bonchev–Trinajstić information content (AvgIpc) is 3.11. The second kappa shape index (κ2) is 8.53. The van der Waals surface area contributed by atoms with Gasteiger partial charge in [0.2, 0.25) is 0 Å². The molecule has 1 fully saturated rings. The molecule has 1 aliphatic heterocycles. The zero-order valence-electron chi connectivity index (χ0n) is 18.3. The fourth-order valence-corrected chi connectivity index (χ4v) is 4.28. The highest BCUT2D eigenvalue weighted by molar-refractivity contribution is 5.70. The molecular weight excluding hydrogens is 378 g/mol. The lowest BCUT2D eigenvalue weighted by molar-refractivity contribution is 0.138. The smallest absolute Gasteiger partial charge is 0.161 e. The molecule has 2 aromatic heterocycles. The summed E-state index contributed by atoms with van der Waals surface area (Å²) in [7, 11) is 7.70. The number of likely N-dealkylation sites (tertiary alicyclic amines) is 1. The Morgan fingerprint density at radius 2 is 1.83 bits per heavy atom.